The molecule has 5 nitrogen and oxygen atoms in total. The first-order valence-electron chi connectivity index (χ1n) is 2.19. The summed E-state index contributed by atoms with van der Waals surface area (Å²) in [5, 5.41) is 8.09. The Morgan fingerprint density at radius 3 is 2.40 bits per heavy atom. The van der Waals surface area contributed by atoms with Crippen LogP contribution in [0, 0.1) is 11.3 Å². The maximum atomic E-state index is 10.0. The fraction of sp³-hybridized carbons (Fsp3) is 0.667. The zero-order valence-electron chi connectivity index (χ0n) is 4.77. The maximum absolute atomic E-state index is 10.0. The fourth-order valence-corrected chi connectivity index (χ4v) is 0.925. The average Bonchev–Trinajstić information content (AvgIpc) is 1.81. The molecule has 0 saturated carbocycles. The molecule has 0 amide bonds. The highest BCUT2D eigenvalue weighted by atomic mass is 35.5. The molecule has 0 aromatic heterocycles. The van der Waals surface area contributed by atoms with E-state index in [0.29, 0.717) is 0 Å². The van der Waals surface area contributed by atoms with Gasteiger partial charge in [-0.25, -0.2) is 4.57 Å². The van der Waals surface area contributed by atoms with Crippen molar-refractivity contribution in [3.63, 3.8) is 0 Å². The third-order valence-electron chi connectivity index (χ3n) is 0.549. The van der Waals surface area contributed by atoms with Gasteiger partial charge in [-0.1, -0.05) is 0 Å². The second kappa shape index (κ2) is 3.91. The molecule has 0 aromatic rings. The molecule has 0 heterocycles. The van der Waals surface area contributed by atoms with Gasteiger partial charge in [-0.15, -0.1) is 11.6 Å². The fourth-order valence-electron chi connectivity index (χ4n) is 0.252. The van der Waals surface area contributed by atoms with Crippen molar-refractivity contribution in [3.05, 3.63) is 0 Å². The molecule has 58 valence electrons. The normalized spacial score (nSPS) is 14.2. The van der Waals surface area contributed by atoms with Gasteiger partial charge in [-0.3, -0.25) is 4.52 Å². The SMILES string of the molecule is N#CC(CCl)OP(=O)(O)O. The summed E-state index contributed by atoms with van der Waals surface area (Å²) in [6.45, 7) is 0. The molecule has 0 fully saturated rings. The van der Waals surface area contributed by atoms with E-state index < -0.39 is 13.9 Å². The minimum Gasteiger partial charge on any atom is -0.303 e. The predicted molar refractivity (Wildman–Crippen MR) is 33.3 cm³/mol. The number of halogens is 1. The number of rotatable bonds is 3. The molecule has 1 unspecified atom stereocenters. The van der Waals surface area contributed by atoms with E-state index in [9.17, 15) is 4.57 Å². The van der Waals surface area contributed by atoms with Crippen molar-refractivity contribution in [1.82, 2.24) is 0 Å². The van der Waals surface area contributed by atoms with Crippen molar-refractivity contribution in [3.8, 4) is 6.07 Å². The topological polar surface area (TPSA) is 90.5 Å². The summed E-state index contributed by atoms with van der Waals surface area (Å²) in [7, 11) is -4.56. The Balaban J connectivity index is 3.91. The number of nitriles is 1. The van der Waals surface area contributed by atoms with E-state index >= 15 is 0 Å². The summed E-state index contributed by atoms with van der Waals surface area (Å²) in [6.07, 6.45) is -1.25. The highest BCUT2D eigenvalue weighted by Crippen LogP contribution is 2.37. The van der Waals surface area contributed by atoms with Gasteiger partial charge in [0.25, 0.3) is 0 Å². The number of alkyl halides is 1. The first-order chi connectivity index (χ1) is 4.49. The summed E-state index contributed by atoms with van der Waals surface area (Å²) in [6, 6.07) is 1.46. The second-order valence-electron chi connectivity index (χ2n) is 1.37. The molecular weight excluding hydrogens is 180 g/mol. The number of hydrogen-bond donors (Lipinski definition) is 2. The van der Waals surface area contributed by atoms with Gasteiger partial charge in [0.2, 0.25) is 0 Å². The molecule has 0 aliphatic heterocycles. The third kappa shape index (κ3) is 4.74. The van der Waals surface area contributed by atoms with Crippen molar-refractivity contribution in [2.45, 2.75) is 6.10 Å². The standard InChI is InChI=1S/C3H5ClNO4P/c4-1-3(2-5)9-10(6,7)8/h3H,1H2,(H2,6,7,8). The van der Waals surface area contributed by atoms with Crippen molar-refractivity contribution in [2.24, 2.45) is 0 Å². The number of hydrogen-bond acceptors (Lipinski definition) is 3. The number of nitrogens with zero attached hydrogens (tertiary/aromatic N) is 1. The van der Waals surface area contributed by atoms with E-state index in [4.69, 9.17) is 26.6 Å². The van der Waals surface area contributed by atoms with Gasteiger partial charge >= 0.3 is 7.82 Å². The van der Waals surface area contributed by atoms with Crippen LogP contribution in [0.25, 0.3) is 0 Å². The van der Waals surface area contributed by atoms with Crippen molar-refractivity contribution in [1.29, 1.82) is 5.26 Å². The Bertz CT molecular complexity index is 183. The lowest BCUT2D eigenvalue weighted by Crippen LogP contribution is -2.09. The molecule has 7 heteroatoms. The number of phosphoric acid groups is 1. The van der Waals surface area contributed by atoms with Gasteiger partial charge in [0.15, 0.2) is 6.10 Å². The molecule has 0 aliphatic rings. The first kappa shape index (κ1) is 9.89. The van der Waals surface area contributed by atoms with E-state index in [1.54, 1.807) is 0 Å². The molecule has 2 N–H and O–H groups in total. The van der Waals surface area contributed by atoms with Crippen LogP contribution in [0.3, 0.4) is 0 Å². The Morgan fingerprint density at radius 2 is 2.30 bits per heavy atom. The van der Waals surface area contributed by atoms with E-state index in [-0.39, 0.29) is 5.88 Å². The summed E-state index contributed by atoms with van der Waals surface area (Å²) < 4.78 is 13.9. The molecule has 0 aliphatic carbocycles. The molecule has 0 saturated heterocycles. The van der Waals surface area contributed by atoms with E-state index in [1.165, 1.54) is 6.07 Å². The number of phosphoric ester groups is 1. The lowest BCUT2D eigenvalue weighted by Gasteiger charge is -2.06. The first-order valence-corrected chi connectivity index (χ1v) is 4.25. The molecule has 0 radical (unpaired) electrons. The Kier molecular flexibility index (Phi) is 3.87. The van der Waals surface area contributed by atoms with Crippen LogP contribution in [0.4, 0.5) is 0 Å². The van der Waals surface area contributed by atoms with Crippen LogP contribution in [0.5, 0.6) is 0 Å². The van der Waals surface area contributed by atoms with Crippen molar-refractivity contribution in [2.75, 3.05) is 5.88 Å². The molecule has 10 heavy (non-hydrogen) atoms. The Labute approximate surface area is 62.4 Å². The van der Waals surface area contributed by atoms with Gasteiger partial charge in [0, 0.05) is 0 Å². The predicted octanol–water partition coefficient (Wildman–Crippen LogP) is 0.227. The van der Waals surface area contributed by atoms with Gasteiger partial charge in [-0.05, 0) is 0 Å². The van der Waals surface area contributed by atoms with Crippen LogP contribution < -0.4 is 0 Å². The third-order valence-corrected chi connectivity index (χ3v) is 1.36. The van der Waals surface area contributed by atoms with E-state index in [0.717, 1.165) is 0 Å². The highest BCUT2D eigenvalue weighted by Gasteiger charge is 2.20. The molecular formula is C3H5ClNO4P. The van der Waals surface area contributed by atoms with Crippen LogP contribution in [-0.4, -0.2) is 21.8 Å². The Morgan fingerprint density at radius 1 is 1.80 bits per heavy atom. The summed E-state index contributed by atoms with van der Waals surface area (Å²) in [5.74, 6) is -0.262. The summed E-state index contributed by atoms with van der Waals surface area (Å²) >= 11 is 5.08. The van der Waals surface area contributed by atoms with Crippen molar-refractivity contribution >= 4 is 19.4 Å². The zero-order chi connectivity index (χ0) is 8.20. The monoisotopic (exact) mass is 185 g/mol. The molecule has 0 spiro atoms. The lowest BCUT2D eigenvalue weighted by atomic mass is 10.5. The minimum absolute atomic E-state index is 0.262. The second-order valence-corrected chi connectivity index (χ2v) is 2.87. The molecule has 0 rings (SSSR count). The van der Waals surface area contributed by atoms with E-state index in [1.807, 2.05) is 0 Å². The Hall–Kier alpha value is -0.110. The van der Waals surface area contributed by atoms with Gasteiger partial charge in [0.1, 0.15) is 0 Å². The minimum atomic E-state index is -4.56. The smallest absolute Gasteiger partial charge is 0.303 e. The molecule has 0 aromatic carbocycles. The van der Waals surface area contributed by atoms with E-state index in [2.05, 4.69) is 4.52 Å². The zero-order valence-corrected chi connectivity index (χ0v) is 6.42. The van der Waals surface area contributed by atoms with Crippen molar-refractivity contribution < 1.29 is 18.9 Å². The highest BCUT2D eigenvalue weighted by molar-refractivity contribution is 7.46. The van der Waals surface area contributed by atoms with Crippen LogP contribution in [0.2, 0.25) is 0 Å². The van der Waals surface area contributed by atoms with Crippen LogP contribution in [0.1, 0.15) is 0 Å². The summed E-state index contributed by atoms with van der Waals surface area (Å²) in [4.78, 5) is 16.3. The van der Waals surface area contributed by atoms with Gasteiger partial charge < -0.3 is 9.79 Å². The average molecular weight is 186 g/mol. The van der Waals surface area contributed by atoms with Crippen LogP contribution >= 0.6 is 19.4 Å². The van der Waals surface area contributed by atoms with Gasteiger partial charge in [0.05, 0.1) is 11.9 Å². The lowest BCUT2D eigenvalue weighted by molar-refractivity contribution is 0.176. The quantitative estimate of drug-likeness (QED) is 0.485. The van der Waals surface area contributed by atoms with Crippen LogP contribution in [-0.2, 0) is 9.09 Å². The van der Waals surface area contributed by atoms with Gasteiger partial charge in [-0.2, -0.15) is 5.26 Å². The molecule has 1 atom stereocenters. The van der Waals surface area contributed by atoms with Crippen LogP contribution in [0.15, 0.2) is 0 Å². The summed E-state index contributed by atoms with van der Waals surface area (Å²) in [5.41, 5.74) is 0. The maximum Gasteiger partial charge on any atom is 0.470 e. The largest absolute Gasteiger partial charge is 0.470 e. The molecule has 0 bridgehead atoms.